The summed E-state index contributed by atoms with van der Waals surface area (Å²) >= 11 is 0. The van der Waals surface area contributed by atoms with Crippen LogP contribution in [0.15, 0.2) is 0 Å². The molecule has 0 radical (unpaired) electrons. The summed E-state index contributed by atoms with van der Waals surface area (Å²) in [5.74, 6) is -2.77. The maximum Gasteiger partial charge on any atom is 0.307 e. The molecule has 0 saturated carbocycles. The minimum atomic E-state index is -1.02. The van der Waals surface area contributed by atoms with E-state index in [1.807, 2.05) is 13.8 Å². The lowest BCUT2D eigenvalue weighted by molar-refractivity contribution is -0.154. The van der Waals surface area contributed by atoms with Crippen molar-refractivity contribution in [3.63, 3.8) is 0 Å². The largest absolute Gasteiger partial charge is 0.481 e. The van der Waals surface area contributed by atoms with Gasteiger partial charge in [0.05, 0.1) is 12.3 Å². The highest BCUT2D eigenvalue weighted by molar-refractivity contribution is 5.78. The standard InChI is InChI=1S/C14H26O4/c1-4-7-8-9-14(5-2,6-3)11(13(17)18)10-12(15)16/h11H,4-10H2,1-3H3,(H,15,16)(H,17,18). The SMILES string of the molecule is CCCCCC(CC)(CC)C(CC(=O)O)C(=O)O. The normalized spacial score (nSPS) is 13.3. The molecule has 0 fully saturated rings. The van der Waals surface area contributed by atoms with Crippen LogP contribution in [0.4, 0.5) is 0 Å². The van der Waals surface area contributed by atoms with Crippen molar-refractivity contribution in [3.8, 4) is 0 Å². The van der Waals surface area contributed by atoms with Crippen LogP contribution in [0.1, 0.15) is 65.7 Å². The molecule has 0 rings (SSSR count). The lowest BCUT2D eigenvalue weighted by atomic mass is 9.67. The van der Waals surface area contributed by atoms with Crippen molar-refractivity contribution in [2.75, 3.05) is 0 Å². The Kier molecular flexibility index (Phi) is 7.64. The zero-order chi connectivity index (χ0) is 14.2. The minimum absolute atomic E-state index is 0.275. The Bertz CT molecular complexity index is 269. The molecule has 1 atom stereocenters. The predicted molar refractivity (Wildman–Crippen MR) is 70.5 cm³/mol. The quantitative estimate of drug-likeness (QED) is 0.588. The van der Waals surface area contributed by atoms with Crippen molar-refractivity contribution >= 4 is 11.9 Å². The fraction of sp³-hybridized carbons (Fsp3) is 0.857. The van der Waals surface area contributed by atoms with Crippen LogP contribution in [0.2, 0.25) is 0 Å². The van der Waals surface area contributed by atoms with E-state index in [1.54, 1.807) is 0 Å². The molecule has 0 aliphatic carbocycles. The highest BCUT2D eigenvalue weighted by Crippen LogP contribution is 2.42. The van der Waals surface area contributed by atoms with Crippen molar-refractivity contribution in [3.05, 3.63) is 0 Å². The molecule has 4 nitrogen and oxygen atoms in total. The van der Waals surface area contributed by atoms with Gasteiger partial charge in [-0.05, 0) is 24.7 Å². The van der Waals surface area contributed by atoms with Gasteiger partial charge in [-0.25, -0.2) is 0 Å². The second-order valence-electron chi connectivity index (χ2n) is 5.02. The first-order chi connectivity index (χ1) is 8.43. The van der Waals surface area contributed by atoms with Crippen molar-refractivity contribution in [2.45, 2.75) is 65.7 Å². The Morgan fingerprint density at radius 2 is 1.61 bits per heavy atom. The molecule has 4 heteroatoms. The second-order valence-corrected chi connectivity index (χ2v) is 5.02. The van der Waals surface area contributed by atoms with Gasteiger partial charge >= 0.3 is 11.9 Å². The fourth-order valence-electron chi connectivity index (χ4n) is 2.74. The number of carboxylic acids is 2. The Labute approximate surface area is 109 Å². The van der Waals surface area contributed by atoms with Gasteiger partial charge in [-0.2, -0.15) is 0 Å². The van der Waals surface area contributed by atoms with E-state index in [0.717, 1.165) is 38.5 Å². The molecule has 2 N–H and O–H groups in total. The third-order valence-electron chi connectivity index (χ3n) is 4.10. The summed E-state index contributed by atoms with van der Waals surface area (Å²) in [6.07, 6.45) is 5.10. The summed E-state index contributed by atoms with van der Waals surface area (Å²) in [6, 6.07) is 0. The predicted octanol–water partition coefficient (Wildman–Crippen LogP) is 3.55. The Hall–Kier alpha value is -1.06. The van der Waals surface area contributed by atoms with Gasteiger partial charge in [0, 0.05) is 0 Å². The molecule has 106 valence electrons. The van der Waals surface area contributed by atoms with Crippen LogP contribution in [0.25, 0.3) is 0 Å². The lowest BCUT2D eigenvalue weighted by Crippen LogP contribution is -2.37. The van der Waals surface area contributed by atoms with Crippen LogP contribution in [0, 0.1) is 11.3 Å². The molecule has 0 bridgehead atoms. The van der Waals surface area contributed by atoms with Crippen LogP contribution in [0.3, 0.4) is 0 Å². The average molecular weight is 258 g/mol. The van der Waals surface area contributed by atoms with Gasteiger partial charge < -0.3 is 10.2 Å². The Balaban J connectivity index is 4.97. The van der Waals surface area contributed by atoms with Gasteiger partial charge in [-0.1, -0.05) is 40.0 Å². The van der Waals surface area contributed by atoms with E-state index in [0.29, 0.717) is 0 Å². The molecule has 1 unspecified atom stereocenters. The minimum Gasteiger partial charge on any atom is -0.481 e. The van der Waals surface area contributed by atoms with Gasteiger partial charge in [-0.15, -0.1) is 0 Å². The van der Waals surface area contributed by atoms with Crippen molar-refractivity contribution in [1.29, 1.82) is 0 Å². The smallest absolute Gasteiger partial charge is 0.307 e. The summed E-state index contributed by atoms with van der Waals surface area (Å²) in [7, 11) is 0. The molecule has 0 spiro atoms. The maximum absolute atomic E-state index is 11.4. The van der Waals surface area contributed by atoms with Crippen molar-refractivity contribution in [1.82, 2.24) is 0 Å². The van der Waals surface area contributed by atoms with Crippen molar-refractivity contribution < 1.29 is 19.8 Å². The van der Waals surface area contributed by atoms with E-state index in [9.17, 15) is 14.7 Å². The van der Waals surface area contributed by atoms with E-state index in [4.69, 9.17) is 5.11 Å². The molecule has 0 aromatic carbocycles. The third-order valence-corrected chi connectivity index (χ3v) is 4.10. The van der Waals surface area contributed by atoms with Gasteiger partial charge in [0.1, 0.15) is 0 Å². The first kappa shape index (κ1) is 16.9. The topological polar surface area (TPSA) is 74.6 Å². The molecule has 0 aromatic rings. The number of unbranched alkanes of at least 4 members (excludes halogenated alkanes) is 2. The van der Waals surface area contributed by atoms with Crippen molar-refractivity contribution in [2.24, 2.45) is 11.3 Å². The molecule has 0 saturated heterocycles. The van der Waals surface area contributed by atoms with Gasteiger partial charge in [0.15, 0.2) is 0 Å². The average Bonchev–Trinajstić information content (AvgIpc) is 2.32. The zero-order valence-corrected chi connectivity index (χ0v) is 11.7. The first-order valence-corrected chi connectivity index (χ1v) is 6.88. The number of carbonyl (C=O) groups is 2. The summed E-state index contributed by atoms with van der Waals surface area (Å²) in [6.45, 7) is 6.03. The van der Waals surface area contributed by atoms with Gasteiger partial charge in [0.2, 0.25) is 0 Å². The van der Waals surface area contributed by atoms with Crippen LogP contribution in [-0.4, -0.2) is 22.2 Å². The lowest BCUT2D eigenvalue weighted by Gasteiger charge is -2.37. The number of carboxylic acid groups (broad SMARTS) is 2. The molecule has 0 heterocycles. The number of aliphatic carboxylic acids is 2. The van der Waals surface area contributed by atoms with Crippen LogP contribution >= 0.6 is 0 Å². The third kappa shape index (κ3) is 4.67. The molecule has 0 amide bonds. The molecule has 0 aromatic heterocycles. The van der Waals surface area contributed by atoms with E-state index in [1.165, 1.54) is 0 Å². The number of hydrogen-bond acceptors (Lipinski definition) is 2. The number of rotatable bonds is 10. The molecule has 18 heavy (non-hydrogen) atoms. The highest BCUT2D eigenvalue weighted by Gasteiger charge is 2.41. The summed E-state index contributed by atoms with van der Waals surface area (Å²) < 4.78 is 0. The van der Waals surface area contributed by atoms with Crippen LogP contribution in [0.5, 0.6) is 0 Å². The fourth-order valence-corrected chi connectivity index (χ4v) is 2.74. The molecule has 0 aliphatic heterocycles. The Morgan fingerprint density at radius 3 is 1.94 bits per heavy atom. The molecular formula is C14H26O4. The first-order valence-electron chi connectivity index (χ1n) is 6.88. The van der Waals surface area contributed by atoms with E-state index < -0.39 is 17.9 Å². The van der Waals surface area contributed by atoms with Crippen LogP contribution < -0.4 is 0 Å². The van der Waals surface area contributed by atoms with Gasteiger partial charge in [-0.3, -0.25) is 9.59 Å². The number of hydrogen-bond donors (Lipinski definition) is 2. The molecule has 0 aliphatic rings. The van der Waals surface area contributed by atoms with E-state index in [2.05, 4.69) is 6.92 Å². The Morgan fingerprint density at radius 1 is 1.06 bits per heavy atom. The summed E-state index contributed by atoms with van der Waals surface area (Å²) in [4.78, 5) is 22.2. The second kappa shape index (κ2) is 8.11. The van der Waals surface area contributed by atoms with E-state index >= 15 is 0 Å². The zero-order valence-electron chi connectivity index (χ0n) is 11.7. The van der Waals surface area contributed by atoms with Crippen LogP contribution in [-0.2, 0) is 9.59 Å². The maximum atomic E-state index is 11.4. The summed E-state index contributed by atoms with van der Waals surface area (Å²) in [5.41, 5.74) is -0.376. The van der Waals surface area contributed by atoms with E-state index in [-0.39, 0.29) is 11.8 Å². The molecular weight excluding hydrogens is 232 g/mol. The summed E-state index contributed by atoms with van der Waals surface area (Å²) in [5, 5.41) is 18.2. The highest BCUT2D eigenvalue weighted by atomic mass is 16.4. The van der Waals surface area contributed by atoms with Gasteiger partial charge in [0.25, 0.3) is 0 Å². The monoisotopic (exact) mass is 258 g/mol.